The molecule has 0 heterocycles. The summed E-state index contributed by atoms with van der Waals surface area (Å²) in [6.45, 7) is 5.42. The van der Waals surface area contributed by atoms with Gasteiger partial charge in [-0.2, -0.15) is 13.2 Å². The summed E-state index contributed by atoms with van der Waals surface area (Å²) in [7, 11) is -3.97. The second kappa shape index (κ2) is 14.6. The number of rotatable bonds is 12. The molecular weight excluding hydrogens is 659 g/mol. The predicted molar refractivity (Wildman–Crippen MR) is 169 cm³/mol. The minimum Gasteiger partial charge on any atom is -0.350 e. The molecule has 0 saturated carbocycles. The summed E-state index contributed by atoms with van der Waals surface area (Å²) in [6.07, 6.45) is -3.64. The highest BCUT2D eigenvalue weighted by atomic mass is 79.9. The number of hydrogen-bond acceptors (Lipinski definition) is 4. The number of sulfonamides is 1. The number of halogens is 4. The minimum atomic E-state index is -4.65. The van der Waals surface area contributed by atoms with E-state index in [0.29, 0.717) is 0 Å². The lowest BCUT2D eigenvalue weighted by Gasteiger charge is -2.34. The molecule has 238 valence electrons. The van der Waals surface area contributed by atoms with Gasteiger partial charge in [0.2, 0.25) is 21.8 Å². The van der Waals surface area contributed by atoms with Gasteiger partial charge in [0.1, 0.15) is 6.04 Å². The fourth-order valence-corrected chi connectivity index (χ4v) is 6.08. The predicted octanol–water partition coefficient (Wildman–Crippen LogP) is 6.57. The third-order valence-corrected chi connectivity index (χ3v) is 8.31. The van der Waals surface area contributed by atoms with Gasteiger partial charge in [-0.1, -0.05) is 64.5 Å². The molecule has 0 radical (unpaired) electrons. The normalized spacial score (nSPS) is 12.8. The molecule has 1 N–H and O–H groups in total. The first-order chi connectivity index (χ1) is 20.4. The van der Waals surface area contributed by atoms with Crippen LogP contribution in [-0.2, 0) is 38.8 Å². The van der Waals surface area contributed by atoms with E-state index in [0.717, 1.165) is 44.4 Å². The number of alkyl halides is 3. The summed E-state index contributed by atoms with van der Waals surface area (Å²) in [5, 5.41) is 2.98. The van der Waals surface area contributed by atoms with Crippen LogP contribution in [0.3, 0.4) is 0 Å². The first-order valence-electron chi connectivity index (χ1n) is 14.0. The summed E-state index contributed by atoms with van der Waals surface area (Å²) >= 11 is 3.45. The minimum absolute atomic E-state index is 0.01000. The van der Waals surface area contributed by atoms with Crippen molar-refractivity contribution >= 4 is 43.5 Å². The van der Waals surface area contributed by atoms with Crippen LogP contribution in [0.5, 0.6) is 0 Å². The fourth-order valence-electron chi connectivity index (χ4n) is 4.68. The molecule has 12 heteroatoms. The molecule has 0 aliphatic carbocycles. The number of carbonyl (C=O) groups is 2. The molecule has 0 aliphatic rings. The van der Waals surface area contributed by atoms with Crippen molar-refractivity contribution in [1.29, 1.82) is 0 Å². The molecule has 1 atom stereocenters. The zero-order valence-electron chi connectivity index (χ0n) is 25.1. The Kier molecular flexibility index (Phi) is 11.6. The highest BCUT2D eigenvalue weighted by Crippen LogP contribution is 2.32. The Morgan fingerprint density at radius 3 is 2.14 bits per heavy atom. The number of carbonyl (C=O) groups excluding carboxylic acids is 2. The first kappa shape index (κ1) is 35.1. The average Bonchev–Trinajstić information content (AvgIpc) is 2.91. The SMILES string of the molecule is CC(C)(C)NC(=O)[C@H](Cc1ccccc1)N(Cc1cccc(Br)c1)C(=O)CCCN(c1cccc(C(F)(F)F)c1)S(C)(=O)=O. The van der Waals surface area contributed by atoms with Gasteiger partial charge in [0.05, 0.1) is 17.5 Å². The van der Waals surface area contributed by atoms with Crippen LogP contribution in [0.4, 0.5) is 18.9 Å². The van der Waals surface area contributed by atoms with Gasteiger partial charge in [0, 0.05) is 35.9 Å². The van der Waals surface area contributed by atoms with Gasteiger partial charge in [0.15, 0.2) is 0 Å². The maximum absolute atomic E-state index is 13.9. The van der Waals surface area contributed by atoms with Gasteiger partial charge in [-0.25, -0.2) is 8.42 Å². The van der Waals surface area contributed by atoms with Gasteiger partial charge in [-0.3, -0.25) is 13.9 Å². The number of amides is 2. The molecule has 0 aliphatic heterocycles. The Morgan fingerprint density at radius 1 is 0.909 bits per heavy atom. The van der Waals surface area contributed by atoms with Crippen LogP contribution in [0.25, 0.3) is 0 Å². The summed E-state index contributed by atoms with van der Waals surface area (Å²) in [4.78, 5) is 29.1. The van der Waals surface area contributed by atoms with E-state index in [4.69, 9.17) is 0 Å². The summed E-state index contributed by atoms with van der Waals surface area (Å²) in [5.74, 6) is -0.737. The van der Waals surface area contributed by atoms with Crippen LogP contribution >= 0.6 is 15.9 Å². The van der Waals surface area contributed by atoms with E-state index >= 15 is 0 Å². The van der Waals surface area contributed by atoms with E-state index in [1.165, 1.54) is 11.0 Å². The summed E-state index contributed by atoms with van der Waals surface area (Å²) in [6, 6.07) is 19.8. The van der Waals surface area contributed by atoms with E-state index < -0.39 is 39.3 Å². The molecule has 3 aromatic rings. The molecule has 44 heavy (non-hydrogen) atoms. The van der Waals surface area contributed by atoms with Crippen molar-refractivity contribution < 1.29 is 31.2 Å². The molecule has 0 saturated heterocycles. The van der Waals surface area contributed by atoms with E-state index in [1.54, 1.807) is 0 Å². The molecule has 0 spiro atoms. The molecule has 2 amide bonds. The maximum atomic E-state index is 13.9. The average molecular weight is 697 g/mol. The van der Waals surface area contributed by atoms with E-state index in [2.05, 4.69) is 21.2 Å². The van der Waals surface area contributed by atoms with Crippen LogP contribution in [-0.4, -0.2) is 49.5 Å². The van der Waals surface area contributed by atoms with Crippen LogP contribution in [0.2, 0.25) is 0 Å². The monoisotopic (exact) mass is 695 g/mol. The lowest BCUT2D eigenvalue weighted by atomic mass is 10.00. The summed E-state index contributed by atoms with van der Waals surface area (Å²) < 4.78 is 66.8. The van der Waals surface area contributed by atoms with E-state index in [9.17, 15) is 31.2 Å². The van der Waals surface area contributed by atoms with Crippen LogP contribution in [0.15, 0.2) is 83.3 Å². The number of hydrogen-bond donors (Lipinski definition) is 1. The second-order valence-corrected chi connectivity index (χ2v) is 14.4. The molecule has 0 aromatic heterocycles. The van der Waals surface area contributed by atoms with Crippen molar-refractivity contribution in [2.45, 2.75) is 64.3 Å². The van der Waals surface area contributed by atoms with Crippen LogP contribution in [0.1, 0.15) is 50.3 Å². The molecule has 0 fully saturated rings. The highest BCUT2D eigenvalue weighted by Gasteiger charge is 2.33. The van der Waals surface area contributed by atoms with E-state index in [-0.39, 0.29) is 43.9 Å². The van der Waals surface area contributed by atoms with Crippen molar-refractivity contribution in [2.24, 2.45) is 0 Å². The smallest absolute Gasteiger partial charge is 0.350 e. The zero-order valence-corrected chi connectivity index (χ0v) is 27.5. The van der Waals surface area contributed by atoms with Gasteiger partial charge in [0.25, 0.3) is 0 Å². The van der Waals surface area contributed by atoms with Gasteiger partial charge in [-0.05, 0) is 68.7 Å². The lowest BCUT2D eigenvalue weighted by molar-refractivity contribution is -0.142. The zero-order chi connectivity index (χ0) is 32.7. The molecular formula is C32H37BrF3N3O4S. The van der Waals surface area contributed by atoms with E-state index in [1.807, 2.05) is 75.4 Å². The number of anilines is 1. The highest BCUT2D eigenvalue weighted by molar-refractivity contribution is 9.10. The van der Waals surface area contributed by atoms with Gasteiger partial charge < -0.3 is 10.2 Å². The number of nitrogens with one attached hydrogen (secondary N) is 1. The van der Waals surface area contributed by atoms with Crippen molar-refractivity contribution in [3.8, 4) is 0 Å². The van der Waals surface area contributed by atoms with Gasteiger partial charge >= 0.3 is 6.18 Å². The Balaban J connectivity index is 1.92. The quantitative estimate of drug-likeness (QED) is 0.232. The third kappa shape index (κ3) is 10.7. The van der Waals surface area contributed by atoms with Crippen molar-refractivity contribution in [1.82, 2.24) is 10.2 Å². The Hall–Kier alpha value is -3.38. The Bertz CT molecular complexity index is 1540. The van der Waals surface area contributed by atoms with Crippen molar-refractivity contribution in [3.63, 3.8) is 0 Å². The molecule has 0 unspecified atom stereocenters. The van der Waals surface area contributed by atoms with Crippen LogP contribution in [0, 0.1) is 0 Å². The Labute approximate surface area is 265 Å². The summed E-state index contributed by atoms with van der Waals surface area (Å²) in [5.41, 5.74) is -0.0736. The van der Waals surface area contributed by atoms with Crippen LogP contribution < -0.4 is 9.62 Å². The fraction of sp³-hybridized carbons (Fsp3) is 0.375. The molecule has 0 bridgehead atoms. The number of benzene rings is 3. The standard InChI is InChI=1S/C32H37BrF3N3O4S/c1-31(2,3)37-30(41)28(20-23-11-6-5-7-12-23)38(22-24-13-8-15-26(33)19-24)29(40)17-10-18-39(44(4,42)43)27-16-9-14-25(21-27)32(34,35)36/h5-9,11-16,19,21,28H,10,17-18,20,22H2,1-4H3,(H,37,41)/t28-/m0/s1. The topological polar surface area (TPSA) is 86.8 Å². The maximum Gasteiger partial charge on any atom is 0.416 e. The second-order valence-electron chi connectivity index (χ2n) is 11.6. The van der Waals surface area contributed by atoms with Crippen molar-refractivity contribution in [3.05, 3.63) is 100 Å². The van der Waals surface area contributed by atoms with Crippen molar-refractivity contribution in [2.75, 3.05) is 17.1 Å². The Morgan fingerprint density at radius 2 is 1.55 bits per heavy atom. The van der Waals surface area contributed by atoms with Gasteiger partial charge in [-0.15, -0.1) is 0 Å². The largest absolute Gasteiger partial charge is 0.416 e. The lowest BCUT2D eigenvalue weighted by Crippen LogP contribution is -2.54. The third-order valence-electron chi connectivity index (χ3n) is 6.62. The molecule has 7 nitrogen and oxygen atoms in total. The first-order valence-corrected chi connectivity index (χ1v) is 16.6. The molecule has 3 aromatic carbocycles. The molecule has 3 rings (SSSR count). The number of nitrogens with zero attached hydrogens (tertiary/aromatic N) is 2.